The summed E-state index contributed by atoms with van der Waals surface area (Å²) >= 11 is 0. The number of carboxylic acids is 1. The van der Waals surface area contributed by atoms with Crippen LogP contribution in [0.15, 0.2) is 0 Å². The van der Waals surface area contributed by atoms with E-state index in [2.05, 4.69) is 0 Å². The van der Waals surface area contributed by atoms with Crippen LogP contribution >= 0.6 is 7.60 Å². The van der Waals surface area contributed by atoms with E-state index in [4.69, 9.17) is 20.6 Å². The number of carboxylic acid groups (broad SMARTS) is 1. The summed E-state index contributed by atoms with van der Waals surface area (Å²) in [5, 5.41) is 9.90. The van der Waals surface area contributed by atoms with Crippen molar-refractivity contribution in [3.05, 3.63) is 0 Å². The molecule has 0 radical (unpaired) electrons. The zero-order chi connectivity index (χ0) is 10.6. The molecular weight excluding hydrogens is 203 g/mol. The quantitative estimate of drug-likeness (QED) is 0.258. The minimum Gasteiger partial charge on any atom is -0.480 e. The highest BCUT2D eigenvalue weighted by atomic mass is 31.2. The van der Waals surface area contributed by atoms with Crippen LogP contribution in [-0.4, -0.2) is 39.1 Å². The molecule has 0 saturated carbocycles. The van der Waals surface area contributed by atoms with E-state index in [0.717, 1.165) is 0 Å². The molecule has 0 aliphatic heterocycles. The Morgan fingerprint density at radius 1 is 1.46 bits per heavy atom. The number of hydrogen-bond donors (Lipinski definition) is 5. The fraction of sp³-hybridized carbons (Fsp3) is 0.500. The molecule has 1 atom stereocenters. The SMILES string of the molecule is N[C@@H](C(=O)O)C(=O)NCP(=O)(O)O. The molecule has 9 heteroatoms. The fourth-order valence-corrected chi connectivity index (χ4v) is 0.765. The number of aliphatic carboxylic acids is 1. The lowest BCUT2D eigenvalue weighted by Gasteiger charge is -2.08. The molecule has 8 nitrogen and oxygen atoms in total. The zero-order valence-electron chi connectivity index (χ0n) is 6.38. The zero-order valence-corrected chi connectivity index (χ0v) is 7.27. The number of rotatable bonds is 4. The van der Waals surface area contributed by atoms with Crippen molar-refractivity contribution < 1.29 is 29.0 Å². The monoisotopic (exact) mass is 212 g/mol. The predicted octanol–water partition coefficient (Wildman–Crippen LogP) is -2.35. The lowest BCUT2D eigenvalue weighted by atomic mass is 10.3. The standard InChI is InChI=1S/C4H9N2O6P/c5-2(4(8)9)3(7)6-1-13(10,11)12/h2H,1,5H2,(H,6,7)(H,8,9)(H2,10,11,12)/t2-/m1/s1. The van der Waals surface area contributed by atoms with Gasteiger partial charge in [-0.25, -0.2) is 4.79 Å². The molecule has 1 amide bonds. The largest absolute Gasteiger partial charge is 0.480 e. The van der Waals surface area contributed by atoms with Gasteiger partial charge >= 0.3 is 13.6 Å². The summed E-state index contributed by atoms with van der Waals surface area (Å²) in [7, 11) is -4.37. The Morgan fingerprint density at radius 2 is 1.92 bits per heavy atom. The molecule has 0 fully saturated rings. The Bertz CT molecular complexity index is 259. The van der Waals surface area contributed by atoms with Crippen LogP contribution in [0.4, 0.5) is 0 Å². The Morgan fingerprint density at radius 3 is 2.23 bits per heavy atom. The number of amides is 1. The number of carbonyl (C=O) groups excluding carboxylic acids is 1. The van der Waals surface area contributed by atoms with Crippen LogP contribution in [0.25, 0.3) is 0 Å². The molecule has 76 valence electrons. The van der Waals surface area contributed by atoms with Gasteiger partial charge in [0.05, 0.1) is 0 Å². The van der Waals surface area contributed by atoms with E-state index in [1.165, 1.54) is 0 Å². The van der Waals surface area contributed by atoms with Gasteiger partial charge in [0, 0.05) is 0 Å². The van der Waals surface area contributed by atoms with Crippen molar-refractivity contribution in [3.8, 4) is 0 Å². The molecule has 0 aromatic heterocycles. The van der Waals surface area contributed by atoms with Crippen molar-refractivity contribution in [2.24, 2.45) is 5.73 Å². The van der Waals surface area contributed by atoms with Crippen LogP contribution in [0.5, 0.6) is 0 Å². The summed E-state index contributed by atoms with van der Waals surface area (Å²) in [6, 6.07) is -1.81. The van der Waals surface area contributed by atoms with Crippen LogP contribution in [0.1, 0.15) is 0 Å². The minimum atomic E-state index is -4.37. The number of nitrogens with one attached hydrogen (secondary N) is 1. The van der Waals surface area contributed by atoms with Gasteiger partial charge in [-0.1, -0.05) is 0 Å². The molecule has 0 unspecified atom stereocenters. The normalized spacial score (nSPS) is 13.5. The molecule has 0 spiro atoms. The summed E-state index contributed by atoms with van der Waals surface area (Å²) in [6.45, 7) is 0. The van der Waals surface area contributed by atoms with Crippen molar-refractivity contribution in [2.45, 2.75) is 6.04 Å². The maximum absolute atomic E-state index is 10.7. The van der Waals surface area contributed by atoms with E-state index in [1.807, 2.05) is 0 Å². The van der Waals surface area contributed by atoms with Crippen molar-refractivity contribution in [1.29, 1.82) is 0 Å². The average Bonchev–Trinajstić information content (AvgIpc) is 1.97. The number of hydrogen-bond acceptors (Lipinski definition) is 4. The topological polar surface area (TPSA) is 150 Å². The van der Waals surface area contributed by atoms with Gasteiger partial charge in [0.2, 0.25) is 5.91 Å². The maximum atomic E-state index is 10.7. The molecule has 0 aliphatic carbocycles. The van der Waals surface area contributed by atoms with E-state index in [-0.39, 0.29) is 0 Å². The molecule has 6 N–H and O–H groups in total. The predicted molar refractivity (Wildman–Crippen MR) is 40.7 cm³/mol. The fourth-order valence-electron chi connectivity index (χ4n) is 0.403. The van der Waals surface area contributed by atoms with Gasteiger partial charge in [-0.3, -0.25) is 9.36 Å². The molecule has 0 heterocycles. The smallest absolute Gasteiger partial charge is 0.344 e. The Labute approximate surface area is 72.9 Å². The highest BCUT2D eigenvalue weighted by molar-refractivity contribution is 7.51. The van der Waals surface area contributed by atoms with Crippen LogP contribution in [0.2, 0.25) is 0 Å². The van der Waals surface area contributed by atoms with Crippen LogP contribution < -0.4 is 11.1 Å². The van der Waals surface area contributed by atoms with E-state index in [0.29, 0.717) is 0 Å². The van der Waals surface area contributed by atoms with Gasteiger partial charge in [-0.2, -0.15) is 0 Å². The van der Waals surface area contributed by atoms with E-state index in [1.54, 1.807) is 5.32 Å². The second-order valence-corrected chi connectivity index (χ2v) is 3.83. The highest BCUT2D eigenvalue weighted by Gasteiger charge is 2.23. The average molecular weight is 212 g/mol. The Kier molecular flexibility index (Phi) is 4.02. The molecule has 0 bridgehead atoms. The van der Waals surface area contributed by atoms with Crippen LogP contribution in [0, 0.1) is 0 Å². The summed E-state index contributed by atoms with van der Waals surface area (Å²) in [4.78, 5) is 37.3. The lowest BCUT2D eigenvalue weighted by Crippen LogP contribution is -2.46. The van der Waals surface area contributed by atoms with E-state index < -0.39 is 31.8 Å². The van der Waals surface area contributed by atoms with Crippen LogP contribution in [0.3, 0.4) is 0 Å². The second kappa shape index (κ2) is 4.33. The van der Waals surface area contributed by atoms with Crippen LogP contribution in [-0.2, 0) is 14.2 Å². The molecule has 0 aromatic rings. The second-order valence-electron chi connectivity index (χ2n) is 2.18. The van der Waals surface area contributed by atoms with Crippen molar-refractivity contribution in [2.75, 3.05) is 6.29 Å². The third-order valence-electron chi connectivity index (χ3n) is 1.01. The maximum Gasteiger partial charge on any atom is 0.344 e. The highest BCUT2D eigenvalue weighted by Crippen LogP contribution is 2.31. The summed E-state index contributed by atoms with van der Waals surface area (Å²) in [6.07, 6.45) is -0.924. The first-order chi connectivity index (χ1) is 5.74. The molecule has 13 heavy (non-hydrogen) atoms. The molecular formula is C4H9N2O6P. The summed E-state index contributed by atoms with van der Waals surface area (Å²) in [5.74, 6) is -2.71. The van der Waals surface area contributed by atoms with Crippen molar-refractivity contribution >= 4 is 19.5 Å². The minimum absolute atomic E-state index is 0.924. The third-order valence-corrected chi connectivity index (χ3v) is 1.58. The first-order valence-electron chi connectivity index (χ1n) is 3.04. The first kappa shape index (κ1) is 12.0. The Balaban J connectivity index is 4.03. The van der Waals surface area contributed by atoms with Gasteiger partial charge in [0.15, 0.2) is 6.04 Å². The summed E-state index contributed by atoms with van der Waals surface area (Å²) < 4.78 is 10.2. The first-order valence-corrected chi connectivity index (χ1v) is 4.84. The number of carbonyl (C=O) groups is 2. The van der Waals surface area contributed by atoms with Gasteiger partial charge in [0.25, 0.3) is 0 Å². The van der Waals surface area contributed by atoms with Crippen molar-refractivity contribution in [1.82, 2.24) is 5.32 Å². The van der Waals surface area contributed by atoms with E-state index >= 15 is 0 Å². The molecule has 0 rings (SSSR count). The van der Waals surface area contributed by atoms with Gasteiger partial charge in [-0.05, 0) is 0 Å². The van der Waals surface area contributed by atoms with Gasteiger partial charge in [-0.15, -0.1) is 0 Å². The summed E-state index contributed by atoms with van der Waals surface area (Å²) in [5.41, 5.74) is 4.82. The van der Waals surface area contributed by atoms with Gasteiger partial charge < -0.3 is 25.9 Å². The molecule has 0 aliphatic rings. The Hall–Kier alpha value is -0.950. The molecule has 0 aromatic carbocycles. The molecule has 0 saturated heterocycles. The lowest BCUT2D eigenvalue weighted by molar-refractivity contribution is -0.142. The van der Waals surface area contributed by atoms with Crippen molar-refractivity contribution in [3.63, 3.8) is 0 Å². The number of nitrogens with two attached hydrogens (primary N) is 1. The van der Waals surface area contributed by atoms with Gasteiger partial charge in [0.1, 0.15) is 6.29 Å². The van der Waals surface area contributed by atoms with E-state index in [9.17, 15) is 14.2 Å². The third kappa shape index (κ3) is 5.31.